The second-order valence-corrected chi connectivity index (χ2v) is 3.81. The molecule has 3 nitrogen and oxygen atoms in total. The van der Waals surface area contributed by atoms with Crippen LogP contribution in [0.3, 0.4) is 0 Å². The van der Waals surface area contributed by atoms with E-state index in [0.29, 0.717) is 11.6 Å². The SMILES string of the molecule is CCCC(=O)Nc1ncc(C)s1. The molecule has 0 atom stereocenters. The van der Waals surface area contributed by atoms with Crippen LogP contribution in [-0.2, 0) is 4.79 Å². The Labute approximate surface area is 75.8 Å². The van der Waals surface area contributed by atoms with E-state index in [4.69, 9.17) is 0 Å². The molecule has 0 saturated carbocycles. The third kappa shape index (κ3) is 2.62. The molecule has 66 valence electrons. The summed E-state index contributed by atoms with van der Waals surface area (Å²) in [5, 5.41) is 3.43. The number of rotatable bonds is 3. The molecule has 4 heteroatoms. The summed E-state index contributed by atoms with van der Waals surface area (Å²) in [5.41, 5.74) is 0. The summed E-state index contributed by atoms with van der Waals surface area (Å²) in [7, 11) is 0. The third-order valence-electron chi connectivity index (χ3n) is 1.34. The number of nitrogens with one attached hydrogen (secondary N) is 1. The van der Waals surface area contributed by atoms with Crippen LogP contribution < -0.4 is 5.32 Å². The largest absolute Gasteiger partial charge is 0.302 e. The van der Waals surface area contributed by atoms with E-state index >= 15 is 0 Å². The van der Waals surface area contributed by atoms with Gasteiger partial charge in [-0.25, -0.2) is 4.98 Å². The van der Waals surface area contributed by atoms with Crippen LogP contribution in [0.1, 0.15) is 24.6 Å². The molecule has 0 aromatic carbocycles. The van der Waals surface area contributed by atoms with Crippen molar-refractivity contribution in [1.82, 2.24) is 4.98 Å². The Kier molecular flexibility index (Phi) is 3.22. The third-order valence-corrected chi connectivity index (χ3v) is 2.17. The van der Waals surface area contributed by atoms with Gasteiger partial charge in [-0.2, -0.15) is 0 Å². The summed E-state index contributed by atoms with van der Waals surface area (Å²) in [5.74, 6) is 0.0480. The van der Waals surface area contributed by atoms with E-state index in [1.807, 2.05) is 13.8 Å². The fraction of sp³-hybridized carbons (Fsp3) is 0.500. The Balaban J connectivity index is 2.46. The average molecular weight is 184 g/mol. The van der Waals surface area contributed by atoms with Gasteiger partial charge >= 0.3 is 0 Å². The number of amides is 1. The highest BCUT2D eigenvalue weighted by Gasteiger charge is 2.02. The number of carbonyl (C=O) groups is 1. The topological polar surface area (TPSA) is 42.0 Å². The van der Waals surface area contributed by atoms with Crippen LogP contribution in [0.25, 0.3) is 0 Å². The summed E-state index contributed by atoms with van der Waals surface area (Å²) in [6.45, 7) is 3.94. The Morgan fingerprint density at radius 1 is 1.75 bits per heavy atom. The van der Waals surface area contributed by atoms with Gasteiger partial charge in [0.25, 0.3) is 0 Å². The zero-order valence-electron chi connectivity index (χ0n) is 7.26. The smallest absolute Gasteiger partial charge is 0.226 e. The van der Waals surface area contributed by atoms with Crippen molar-refractivity contribution in [3.8, 4) is 0 Å². The number of nitrogens with zero attached hydrogens (tertiary/aromatic N) is 1. The van der Waals surface area contributed by atoms with E-state index in [-0.39, 0.29) is 5.91 Å². The van der Waals surface area contributed by atoms with Crippen molar-refractivity contribution in [3.05, 3.63) is 11.1 Å². The molecular weight excluding hydrogens is 172 g/mol. The molecular formula is C8H12N2OS. The highest BCUT2D eigenvalue weighted by molar-refractivity contribution is 7.15. The molecule has 0 aliphatic heterocycles. The van der Waals surface area contributed by atoms with E-state index in [2.05, 4.69) is 10.3 Å². The van der Waals surface area contributed by atoms with Crippen molar-refractivity contribution >= 4 is 22.4 Å². The van der Waals surface area contributed by atoms with Gasteiger partial charge < -0.3 is 5.32 Å². The van der Waals surface area contributed by atoms with E-state index in [9.17, 15) is 4.79 Å². The molecule has 1 N–H and O–H groups in total. The average Bonchev–Trinajstić information content (AvgIpc) is 2.36. The van der Waals surface area contributed by atoms with Gasteiger partial charge in [-0.15, -0.1) is 11.3 Å². The maximum Gasteiger partial charge on any atom is 0.226 e. The van der Waals surface area contributed by atoms with Crippen LogP contribution in [0.15, 0.2) is 6.20 Å². The highest BCUT2D eigenvalue weighted by Crippen LogP contribution is 2.16. The van der Waals surface area contributed by atoms with Gasteiger partial charge in [0.15, 0.2) is 5.13 Å². The van der Waals surface area contributed by atoms with Crippen molar-refractivity contribution in [1.29, 1.82) is 0 Å². The molecule has 12 heavy (non-hydrogen) atoms. The Hall–Kier alpha value is -0.900. The zero-order chi connectivity index (χ0) is 8.97. The molecule has 0 saturated heterocycles. The van der Waals surface area contributed by atoms with Crippen molar-refractivity contribution < 1.29 is 4.79 Å². The number of thiazole rings is 1. The van der Waals surface area contributed by atoms with Crippen LogP contribution in [-0.4, -0.2) is 10.9 Å². The Morgan fingerprint density at radius 3 is 3.00 bits per heavy atom. The zero-order valence-corrected chi connectivity index (χ0v) is 8.07. The van der Waals surface area contributed by atoms with Crippen LogP contribution in [0, 0.1) is 6.92 Å². The van der Waals surface area contributed by atoms with Crippen LogP contribution in [0.5, 0.6) is 0 Å². The molecule has 0 unspecified atom stereocenters. The second-order valence-electron chi connectivity index (χ2n) is 2.57. The number of hydrogen-bond donors (Lipinski definition) is 1. The van der Waals surface area contributed by atoms with E-state index in [1.54, 1.807) is 6.20 Å². The van der Waals surface area contributed by atoms with E-state index in [1.165, 1.54) is 11.3 Å². The van der Waals surface area contributed by atoms with Crippen molar-refractivity contribution in [2.45, 2.75) is 26.7 Å². The van der Waals surface area contributed by atoms with Crippen LogP contribution in [0.2, 0.25) is 0 Å². The maximum atomic E-state index is 11.1. The minimum Gasteiger partial charge on any atom is -0.302 e. The molecule has 0 radical (unpaired) electrons. The quantitative estimate of drug-likeness (QED) is 0.782. The van der Waals surface area contributed by atoms with Crippen molar-refractivity contribution in [2.75, 3.05) is 5.32 Å². The molecule has 1 rings (SSSR count). The van der Waals surface area contributed by atoms with Gasteiger partial charge in [-0.05, 0) is 13.3 Å². The Morgan fingerprint density at radius 2 is 2.50 bits per heavy atom. The summed E-state index contributed by atoms with van der Waals surface area (Å²) in [6.07, 6.45) is 3.20. The van der Waals surface area contributed by atoms with Gasteiger partial charge in [0.2, 0.25) is 5.91 Å². The molecule has 0 aliphatic carbocycles. The fourth-order valence-corrected chi connectivity index (χ4v) is 1.50. The highest BCUT2D eigenvalue weighted by atomic mass is 32.1. The lowest BCUT2D eigenvalue weighted by molar-refractivity contribution is -0.116. The molecule has 0 bridgehead atoms. The lowest BCUT2D eigenvalue weighted by Crippen LogP contribution is -2.09. The normalized spacial score (nSPS) is 9.83. The Bertz CT molecular complexity index is 270. The van der Waals surface area contributed by atoms with Crippen LogP contribution in [0.4, 0.5) is 5.13 Å². The van der Waals surface area contributed by atoms with Gasteiger partial charge in [-0.1, -0.05) is 6.92 Å². The van der Waals surface area contributed by atoms with E-state index in [0.717, 1.165) is 11.3 Å². The number of carbonyl (C=O) groups excluding carboxylic acids is 1. The lowest BCUT2D eigenvalue weighted by atomic mass is 10.3. The fourth-order valence-electron chi connectivity index (χ4n) is 0.821. The second kappa shape index (κ2) is 4.21. The molecule has 1 aromatic heterocycles. The summed E-state index contributed by atoms with van der Waals surface area (Å²) < 4.78 is 0. The monoisotopic (exact) mass is 184 g/mol. The minimum absolute atomic E-state index is 0.0480. The predicted octanol–water partition coefficient (Wildman–Crippen LogP) is 2.19. The minimum atomic E-state index is 0.0480. The van der Waals surface area contributed by atoms with Gasteiger partial charge in [0, 0.05) is 17.5 Å². The number of aromatic nitrogens is 1. The van der Waals surface area contributed by atoms with Crippen molar-refractivity contribution in [2.24, 2.45) is 0 Å². The van der Waals surface area contributed by atoms with Gasteiger partial charge in [0.1, 0.15) is 0 Å². The molecule has 1 amide bonds. The molecule has 0 fully saturated rings. The number of anilines is 1. The predicted molar refractivity (Wildman–Crippen MR) is 50.4 cm³/mol. The molecule has 1 heterocycles. The van der Waals surface area contributed by atoms with Gasteiger partial charge in [0.05, 0.1) is 0 Å². The first-order valence-electron chi connectivity index (χ1n) is 3.94. The molecule has 0 aliphatic rings. The van der Waals surface area contributed by atoms with E-state index < -0.39 is 0 Å². The molecule has 1 aromatic rings. The first-order valence-corrected chi connectivity index (χ1v) is 4.76. The standard InChI is InChI=1S/C8H12N2OS/c1-3-4-7(11)10-8-9-5-6(2)12-8/h5H,3-4H2,1-2H3,(H,9,10,11). The number of aryl methyl sites for hydroxylation is 1. The summed E-state index contributed by atoms with van der Waals surface area (Å²) >= 11 is 1.50. The summed E-state index contributed by atoms with van der Waals surface area (Å²) in [6, 6.07) is 0. The van der Waals surface area contributed by atoms with Crippen LogP contribution >= 0.6 is 11.3 Å². The van der Waals surface area contributed by atoms with Gasteiger partial charge in [-0.3, -0.25) is 4.79 Å². The first-order chi connectivity index (χ1) is 5.72. The first kappa shape index (κ1) is 9.19. The lowest BCUT2D eigenvalue weighted by Gasteiger charge is -1.97. The summed E-state index contributed by atoms with van der Waals surface area (Å²) in [4.78, 5) is 16.2. The number of hydrogen-bond acceptors (Lipinski definition) is 3. The van der Waals surface area contributed by atoms with Crippen molar-refractivity contribution in [3.63, 3.8) is 0 Å². The maximum absolute atomic E-state index is 11.1. The molecule has 0 spiro atoms.